The summed E-state index contributed by atoms with van der Waals surface area (Å²) >= 11 is 11.3. The first-order valence-electron chi connectivity index (χ1n) is 9.65. The predicted molar refractivity (Wildman–Crippen MR) is 119 cm³/mol. The molecule has 2 N–H and O–H groups in total. The monoisotopic (exact) mass is 526 g/mol. The number of nitrogens with one attached hydrogen (secondary N) is 1. The Labute approximate surface area is 204 Å². The summed E-state index contributed by atoms with van der Waals surface area (Å²) in [5, 5.41) is 32.1. The zero-order valence-electron chi connectivity index (χ0n) is 17.3. The van der Waals surface area contributed by atoms with E-state index in [-0.39, 0.29) is 39.2 Å². The predicted octanol–water partition coefficient (Wildman–Crippen LogP) is 1.76. The molecule has 0 saturated carbocycles. The number of halogens is 3. The van der Waals surface area contributed by atoms with Gasteiger partial charge in [-0.05, 0) is 30.3 Å². The van der Waals surface area contributed by atoms with Crippen molar-refractivity contribution in [1.82, 2.24) is 9.62 Å². The van der Waals surface area contributed by atoms with Gasteiger partial charge in [0, 0.05) is 17.6 Å². The number of hydrogen-bond donors (Lipinski definition) is 2. The Balaban J connectivity index is 1.96. The fraction of sp³-hybridized carbons (Fsp3) is 0.286. The first kappa shape index (κ1) is 25.7. The number of ether oxygens (including phenoxy) is 1. The third-order valence-corrected chi connectivity index (χ3v) is 7.50. The standard InChI is InChI=1S/C21H17Cl2FN4O5S/c22-7-20(29)27-11-21(30)12-28(34(31,32)18-4-2-15(23)5-14(18)9-26)10-19(21)33-16-3-1-13(8-25)17(24)6-16/h1-6,19,30H,7,10-12H2,(H,27,29)/t19-,21+/m0/s1. The third kappa shape index (κ3) is 5.25. The van der Waals surface area contributed by atoms with E-state index in [2.05, 4.69) is 5.32 Å². The van der Waals surface area contributed by atoms with Gasteiger partial charge in [-0.1, -0.05) is 11.6 Å². The van der Waals surface area contributed by atoms with E-state index in [0.29, 0.717) is 0 Å². The van der Waals surface area contributed by atoms with Crippen LogP contribution in [0.2, 0.25) is 5.02 Å². The highest BCUT2D eigenvalue weighted by Crippen LogP contribution is 2.32. The van der Waals surface area contributed by atoms with Crippen LogP contribution in [0.25, 0.3) is 0 Å². The molecule has 2 aromatic carbocycles. The molecule has 0 spiro atoms. The van der Waals surface area contributed by atoms with Crippen molar-refractivity contribution in [3.05, 3.63) is 58.4 Å². The molecule has 0 aromatic heterocycles. The molecule has 1 heterocycles. The van der Waals surface area contributed by atoms with E-state index < -0.39 is 46.5 Å². The molecule has 3 rings (SSSR count). The second kappa shape index (κ2) is 10.1. The lowest BCUT2D eigenvalue weighted by Gasteiger charge is -2.29. The maximum atomic E-state index is 14.0. The van der Waals surface area contributed by atoms with Crippen LogP contribution in [0.5, 0.6) is 5.75 Å². The van der Waals surface area contributed by atoms with Crippen molar-refractivity contribution in [2.75, 3.05) is 25.5 Å². The van der Waals surface area contributed by atoms with E-state index in [0.717, 1.165) is 10.4 Å². The quantitative estimate of drug-likeness (QED) is 0.523. The molecule has 2 atom stereocenters. The molecule has 2 aromatic rings. The van der Waals surface area contributed by atoms with Gasteiger partial charge in [0.05, 0.1) is 24.2 Å². The van der Waals surface area contributed by atoms with Crippen LogP contribution in [0.3, 0.4) is 0 Å². The van der Waals surface area contributed by atoms with E-state index in [1.54, 1.807) is 12.1 Å². The second-order valence-electron chi connectivity index (χ2n) is 7.42. The maximum Gasteiger partial charge on any atom is 0.244 e. The minimum absolute atomic E-state index is 0.0629. The number of sulfonamides is 1. The lowest BCUT2D eigenvalue weighted by Crippen LogP contribution is -2.53. The fourth-order valence-electron chi connectivity index (χ4n) is 3.40. The number of amides is 1. The number of hydrogen-bond acceptors (Lipinski definition) is 7. The van der Waals surface area contributed by atoms with Crippen LogP contribution in [0.1, 0.15) is 11.1 Å². The van der Waals surface area contributed by atoms with E-state index in [9.17, 15) is 28.0 Å². The van der Waals surface area contributed by atoms with E-state index in [1.807, 2.05) is 0 Å². The highest BCUT2D eigenvalue weighted by molar-refractivity contribution is 7.89. The Morgan fingerprint density at radius 1 is 1.26 bits per heavy atom. The number of alkyl halides is 1. The molecule has 0 bridgehead atoms. The average molecular weight is 527 g/mol. The molecule has 178 valence electrons. The van der Waals surface area contributed by atoms with Crippen LogP contribution in [0.15, 0.2) is 41.3 Å². The van der Waals surface area contributed by atoms with Gasteiger partial charge in [0.15, 0.2) is 0 Å². The van der Waals surface area contributed by atoms with Crippen LogP contribution in [-0.2, 0) is 14.8 Å². The molecule has 13 heteroatoms. The number of β-amino-alcohol motifs (C(OH)–C–C–N with tert-alkyl or cyclic N) is 1. The molecule has 0 unspecified atom stereocenters. The van der Waals surface area contributed by atoms with Crippen molar-refractivity contribution in [3.63, 3.8) is 0 Å². The van der Waals surface area contributed by atoms with Gasteiger partial charge in [0.25, 0.3) is 0 Å². The minimum atomic E-state index is -4.30. The van der Waals surface area contributed by atoms with Crippen LogP contribution < -0.4 is 10.1 Å². The Morgan fingerprint density at radius 2 is 1.97 bits per heavy atom. The van der Waals surface area contributed by atoms with Crippen molar-refractivity contribution in [3.8, 4) is 17.9 Å². The van der Waals surface area contributed by atoms with Gasteiger partial charge in [0.2, 0.25) is 15.9 Å². The smallest absolute Gasteiger partial charge is 0.244 e. The first-order chi connectivity index (χ1) is 16.0. The Bertz CT molecular complexity index is 1310. The van der Waals surface area contributed by atoms with Gasteiger partial charge < -0.3 is 15.2 Å². The van der Waals surface area contributed by atoms with Crippen molar-refractivity contribution in [2.24, 2.45) is 0 Å². The van der Waals surface area contributed by atoms with Gasteiger partial charge in [0.1, 0.15) is 46.2 Å². The van der Waals surface area contributed by atoms with Crippen LogP contribution in [0.4, 0.5) is 4.39 Å². The van der Waals surface area contributed by atoms with E-state index in [1.165, 1.54) is 30.3 Å². The highest BCUT2D eigenvalue weighted by atomic mass is 35.5. The van der Waals surface area contributed by atoms with Gasteiger partial charge in [-0.15, -0.1) is 11.6 Å². The van der Waals surface area contributed by atoms with Gasteiger partial charge in [-0.3, -0.25) is 4.79 Å². The zero-order chi connectivity index (χ0) is 25.1. The molecule has 1 aliphatic rings. The SMILES string of the molecule is N#Cc1ccc(O[C@H]2CN(S(=O)(=O)c3ccc(Cl)cc3C#N)C[C@]2(O)CNC(=O)CCl)cc1F. The van der Waals surface area contributed by atoms with Gasteiger partial charge >= 0.3 is 0 Å². The normalized spacial score (nSPS) is 20.4. The second-order valence-corrected chi connectivity index (χ2v) is 10.0. The summed E-state index contributed by atoms with van der Waals surface area (Å²) in [6.45, 7) is -1.31. The topological polar surface area (TPSA) is 144 Å². The van der Waals surface area contributed by atoms with Crippen molar-refractivity contribution in [2.45, 2.75) is 16.6 Å². The van der Waals surface area contributed by atoms with Crippen molar-refractivity contribution in [1.29, 1.82) is 10.5 Å². The van der Waals surface area contributed by atoms with E-state index >= 15 is 0 Å². The summed E-state index contributed by atoms with van der Waals surface area (Å²) in [6.07, 6.45) is -1.25. The Hall–Kier alpha value is -2.93. The average Bonchev–Trinajstić information content (AvgIpc) is 3.14. The van der Waals surface area contributed by atoms with Gasteiger partial charge in [-0.25, -0.2) is 12.8 Å². The Kier molecular flexibility index (Phi) is 7.66. The number of carbonyl (C=O) groups is 1. The molecule has 1 fully saturated rings. The largest absolute Gasteiger partial charge is 0.486 e. The van der Waals surface area contributed by atoms with Crippen LogP contribution >= 0.6 is 23.2 Å². The highest BCUT2D eigenvalue weighted by Gasteiger charge is 2.51. The first-order valence-corrected chi connectivity index (χ1v) is 12.0. The number of nitrogens with zero attached hydrogens (tertiary/aromatic N) is 3. The maximum absolute atomic E-state index is 14.0. The lowest BCUT2D eigenvalue weighted by atomic mass is 10.00. The molecule has 1 amide bonds. The van der Waals surface area contributed by atoms with Crippen LogP contribution in [0, 0.1) is 28.5 Å². The molecule has 34 heavy (non-hydrogen) atoms. The minimum Gasteiger partial charge on any atom is -0.486 e. The van der Waals surface area contributed by atoms with Crippen molar-refractivity contribution >= 4 is 39.1 Å². The van der Waals surface area contributed by atoms with Crippen LogP contribution in [-0.4, -0.2) is 61.0 Å². The molecule has 1 aliphatic heterocycles. The van der Waals surface area contributed by atoms with Crippen molar-refractivity contribution < 1.29 is 27.4 Å². The molecule has 0 aliphatic carbocycles. The lowest BCUT2D eigenvalue weighted by molar-refractivity contribution is -0.120. The van der Waals surface area contributed by atoms with E-state index in [4.69, 9.17) is 33.2 Å². The molecular formula is C21H17Cl2FN4O5S. The summed E-state index contributed by atoms with van der Waals surface area (Å²) in [6, 6.07) is 10.5. The number of benzene rings is 2. The third-order valence-electron chi connectivity index (χ3n) is 5.15. The Morgan fingerprint density at radius 3 is 2.59 bits per heavy atom. The number of nitriles is 2. The fourth-order valence-corrected chi connectivity index (χ4v) is 5.30. The van der Waals surface area contributed by atoms with Gasteiger partial charge in [-0.2, -0.15) is 14.8 Å². The number of aliphatic hydroxyl groups is 1. The number of rotatable bonds is 7. The molecule has 9 nitrogen and oxygen atoms in total. The molecule has 1 saturated heterocycles. The summed E-state index contributed by atoms with van der Waals surface area (Å²) in [7, 11) is -4.30. The summed E-state index contributed by atoms with van der Waals surface area (Å²) in [4.78, 5) is 11.3. The zero-order valence-corrected chi connectivity index (χ0v) is 19.7. The molecule has 0 radical (unpaired) electrons. The molecular weight excluding hydrogens is 510 g/mol. The summed E-state index contributed by atoms with van der Waals surface area (Å²) < 4.78 is 47.2. The summed E-state index contributed by atoms with van der Waals surface area (Å²) in [5.41, 5.74) is -2.34. The summed E-state index contributed by atoms with van der Waals surface area (Å²) in [5.74, 6) is -1.92. The number of carbonyl (C=O) groups excluding carboxylic acids is 1.